The Balaban J connectivity index is 1.91. The van der Waals surface area contributed by atoms with Gasteiger partial charge in [-0.2, -0.15) is 0 Å². The fourth-order valence-corrected chi connectivity index (χ4v) is 4.27. The second-order valence-corrected chi connectivity index (χ2v) is 8.77. The maximum Gasteiger partial charge on any atom is 0.303 e. The van der Waals surface area contributed by atoms with E-state index in [1.54, 1.807) is 0 Å². The summed E-state index contributed by atoms with van der Waals surface area (Å²) in [6.07, 6.45) is 5.77. The molecular weight excluding hydrogens is 392 g/mol. The number of carboxylic acids is 1. The van der Waals surface area contributed by atoms with Crippen LogP contribution in [0.1, 0.15) is 57.6 Å². The Kier molecular flexibility index (Phi) is 9.47. The van der Waals surface area contributed by atoms with Crippen molar-refractivity contribution >= 4 is 17.6 Å². The van der Waals surface area contributed by atoms with Gasteiger partial charge in [-0.3, -0.25) is 4.79 Å². The van der Waals surface area contributed by atoms with Gasteiger partial charge < -0.3 is 20.1 Å². The zero-order valence-electron chi connectivity index (χ0n) is 17.2. The summed E-state index contributed by atoms with van der Waals surface area (Å²) >= 11 is 6.47. The lowest BCUT2D eigenvalue weighted by Crippen LogP contribution is -2.27. The molecule has 0 aliphatic heterocycles. The highest BCUT2D eigenvalue weighted by atomic mass is 35.5. The van der Waals surface area contributed by atoms with Gasteiger partial charge in [-0.05, 0) is 55.2 Å². The topological polar surface area (TPSA) is 87.0 Å². The second-order valence-electron chi connectivity index (χ2n) is 8.21. The predicted molar refractivity (Wildman–Crippen MR) is 114 cm³/mol. The highest BCUT2D eigenvalue weighted by Crippen LogP contribution is 2.39. The van der Waals surface area contributed by atoms with Gasteiger partial charge in [0.2, 0.25) is 0 Å². The Hall–Kier alpha value is -1.56. The molecule has 0 spiro atoms. The van der Waals surface area contributed by atoms with E-state index in [0.29, 0.717) is 25.2 Å². The molecule has 5 nitrogen and oxygen atoms in total. The molecule has 0 aromatic heterocycles. The first-order chi connectivity index (χ1) is 13.8. The molecule has 0 saturated heterocycles. The van der Waals surface area contributed by atoms with Gasteiger partial charge in [-0.25, -0.2) is 0 Å². The van der Waals surface area contributed by atoms with E-state index < -0.39 is 18.2 Å². The largest absolute Gasteiger partial charge is 0.493 e. The molecule has 1 fully saturated rings. The average Bonchev–Trinajstić information content (AvgIpc) is 2.94. The quantitative estimate of drug-likeness (QED) is 0.275. The van der Waals surface area contributed by atoms with E-state index in [1.165, 1.54) is 0 Å². The third-order valence-electron chi connectivity index (χ3n) is 5.59. The molecular formula is C23H33ClO5. The highest BCUT2D eigenvalue weighted by molar-refractivity contribution is 6.21. The van der Waals surface area contributed by atoms with Crippen molar-refractivity contribution in [2.75, 3.05) is 6.61 Å². The monoisotopic (exact) mass is 424 g/mol. The van der Waals surface area contributed by atoms with Crippen LogP contribution in [0, 0.1) is 17.8 Å². The fraction of sp³-hybridized carbons (Fsp3) is 0.609. The molecule has 0 amide bonds. The van der Waals surface area contributed by atoms with Crippen molar-refractivity contribution < 1.29 is 24.9 Å². The summed E-state index contributed by atoms with van der Waals surface area (Å²) in [6, 6.07) is 7.45. The van der Waals surface area contributed by atoms with Gasteiger partial charge >= 0.3 is 5.97 Å². The molecule has 1 aliphatic carbocycles. The van der Waals surface area contributed by atoms with Crippen LogP contribution in [0.2, 0.25) is 0 Å². The lowest BCUT2D eigenvalue weighted by molar-refractivity contribution is -0.137. The van der Waals surface area contributed by atoms with Crippen LogP contribution < -0.4 is 4.74 Å². The number of rotatable bonds is 11. The number of aliphatic carboxylic acids is 1. The molecule has 6 heteroatoms. The molecule has 1 saturated carbocycles. The number of aliphatic hydroxyl groups excluding tert-OH is 2. The smallest absolute Gasteiger partial charge is 0.303 e. The Labute approximate surface area is 178 Å². The van der Waals surface area contributed by atoms with Crippen LogP contribution in [0.5, 0.6) is 5.75 Å². The van der Waals surface area contributed by atoms with Crippen molar-refractivity contribution in [3.8, 4) is 5.75 Å². The number of benzene rings is 1. The summed E-state index contributed by atoms with van der Waals surface area (Å²) < 4.78 is 5.96. The zero-order valence-corrected chi connectivity index (χ0v) is 18.0. The van der Waals surface area contributed by atoms with Gasteiger partial charge in [0, 0.05) is 17.7 Å². The van der Waals surface area contributed by atoms with E-state index in [0.717, 1.165) is 18.4 Å². The van der Waals surface area contributed by atoms with E-state index in [-0.39, 0.29) is 29.6 Å². The summed E-state index contributed by atoms with van der Waals surface area (Å²) in [4.78, 5) is 10.5. The molecule has 0 radical (unpaired) electrons. The third-order valence-corrected chi connectivity index (χ3v) is 6.09. The third kappa shape index (κ3) is 7.32. The van der Waals surface area contributed by atoms with Gasteiger partial charge in [0.25, 0.3) is 0 Å². The number of carboxylic acid groups (broad SMARTS) is 1. The predicted octanol–water partition coefficient (Wildman–Crippen LogP) is 4.56. The molecule has 1 aromatic carbocycles. The van der Waals surface area contributed by atoms with Crippen molar-refractivity contribution in [3.63, 3.8) is 0 Å². The Morgan fingerprint density at radius 1 is 1.31 bits per heavy atom. The minimum absolute atomic E-state index is 0.0696. The van der Waals surface area contributed by atoms with Crippen molar-refractivity contribution in [1.29, 1.82) is 0 Å². The van der Waals surface area contributed by atoms with Crippen LogP contribution in [0.3, 0.4) is 0 Å². The molecule has 29 heavy (non-hydrogen) atoms. The van der Waals surface area contributed by atoms with Crippen LogP contribution in [0.4, 0.5) is 0 Å². The first kappa shape index (κ1) is 23.7. The van der Waals surface area contributed by atoms with Gasteiger partial charge in [-0.1, -0.05) is 38.1 Å². The van der Waals surface area contributed by atoms with Crippen LogP contribution in [0.25, 0.3) is 0 Å². The van der Waals surface area contributed by atoms with E-state index in [4.69, 9.17) is 21.4 Å². The molecule has 2 rings (SSSR count). The molecule has 3 N–H and O–H groups in total. The van der Waals surface area contributed by atoms with Crippen molar-refractivity contribution in [3.05, 3.63) is 42.0 Å². The van der Waals surface area contributed by atoms with Gasteiger partial charge in [0.15, 0.2) is 0 Å². The number of alkyl halides is 1. The summed E-state index contributed by atoms with van der Waals surface area (Å²) in [5.74, 6) is 0.0490. The van der Waals surface area contributed by atoms with Crippen LogP contribution >= 0.6 is 11.6 Å². The minimum Gasteiger partial charge on any atom is -0.493 e. The average molecular weight is 425 g/mol. The Morgan fingerprint density at radius 3 is 2.76 bits per heavy atom. The van der Waals surface area contributed by atoms with Crippen molar-refractivity contribution in [1.82, 2.24) is 0 Å². The van der Waals surface area contributed by atoms with Crippen LogP contribution in [-0.2, 0) is 4.79 Å². The maximum absolute atomic E-state index is 10.5. The number of carbonyl (C=O) groups is 1. The van der Waals surface area contributed by atoms with E-state index in [2.05, 4.69) is 0 Å². The molecule has 0 heterocycles. The summed E-state index contributed by atoms with van der Waals surface area (Å²) in [7, 11) is 0. The minimum atomic E-state index is -0.777. The normalized spacial score (nSPS) is 25.6. The van der Waals surface area contributed by atoms with E-state index >= 15 is 0 Å². The molecule has 5 atom stereocenters. The molecule has 162 valence electrons. The number of hydrogen-bond acceptors (Lipinski definition) is 4. The highest BCUT2D eigenvalue weighted by Gasteiger charge is 2.41. The van der Waals surface area contributed by atoms with Crippen molar-refractivity contribution in [2.45, 2.75) is 63.5 Å². The first-order valence-electron chi connectivity index (χ1n) is 10.4. The number of halogens is 1. The number of ether oxygens (including phenoxy) is 1. The first-order valence-corrected chi connectivity index (χ1v) is 10.8. The lowest BCUT2D eigenvalue weighted by atomic mass is 9.92. The zero-order chi connectivity index (χ0) is 21.4. The summed E-state index contributed by atoms with van der Waals surface area (Å²) in [5, 5.41) is 29.2. The molecule has 1 aliphatic rings. The Bertz CT molecular complexity index is 675. The van der Waals surface area contributed by atoms with Gasteiger partial charge in [-0.15, -0.1) is 11.6 Å². The standard InChI is InChI=1S/C23H33ClO5/c1-15(2)23(28)16-8-7-9-17(12-16)29-14-19-18(20(24)13-21(19)25)10-5-3-4-6-11-22(26)27/h3,5,7-9,12,15,18-21,23,25,28H,4,6,10-11,13-14H2,1-2H3,(H,26,27)/b5-3-/t18-,19-,20+,21-,23?/m1/s1. The fourth-order valence-electron chi connectivity index (χ4n) is 3.80. The molecule has 1 unspecified atom stereocenters. The van der Waals surface area contributed by atoms with Crippen molar-refractivity contribution in [2.24, 2.45) is 17.8 Å². The van der Waals surface area contributed by atoms with E-state index in [1.807, 2.05) is 50.3 Å². The van der Waals surface area contributed by atoms with Crippen LogP contribution in [0.15, 0.2) is 36.4 Å². The van der Waals surface area contributed by atoms with Gasteiger partial charge in [0.05, 0.1) is 18.8 Å². The Morgan fingerprint density at radius 2 is 2.07 bits per heavy atom. The summed E-state index contributed by atoms with van der Waals surface area (Å²) in [6.45, 7) is 4.30. The van der Waals surface area contributed by atoms with Gasteiger partial charge in [0.1, 0.15) is 5.75 Å². The lowest BCUT2D eigenvalue weighted by Gasteiger charge is -2.23. The maximum atomic E-state index is 10.5. The number of hydrogen-bond donors (Lipinski definition) is 3. The van der Waals surface area contributed by atoms with E-state index in [9.17, 15) is 15.0 Å². The number of allylic oxidation sites excluding steroid dienone is 2. The molecule has 0 bridgehead atoms. The summed E-state index contributed by atoms with van der Waals surface area (Å²) in [5.41, 5.74) is 0.820. The SMILES string of the molecule is CC(C)C(O)c1cccc(OC[C@@H]2[C@@H](C/C=C\CCCC(=O)O)[C@@H](Cl)C[C@H]2O)c1. The molecule has 1 aromatic rings. The van der Waals surface area contributed by atoms with Crippen LogP contribution in [-0.4, -0.2) is 39.4 Å². The number of unbranched alkanes of at least 4 members (excludes halogenated alkanes) is 1. The second kappa shape index (κ2) is 11.6. The number of aliphatic hydroxyl groups is 2.